The van der Waals surface area contributed by atoms with E-state index in [1.54, 1.807) is 0 Å². The molecule has 0 aliphatic heterocycles. The third-order valence-corrected chi connectivity index (χ3v) is 9.88. The van der Waals surface area contributed by atoms with E-state index in [1.165, 1.54) is 81.8 Å². The van der Waals surface area contributed by atoms with Crippen LogP contribution in [0.15, 0.2) is 152 Å². The molecule has 8 aromatic carbocycles. The summed E-state index contributed by atoms with van der Waals surface area (Å²) >= 11 is 0. The molecule has 46 heavy (non-hydrogen) atoms. The van der Waals surface area contributed by atoms with Gasteiger partial charge in [0.25, 0.3) is 0 Å². The van der Waals surface area contributed by atoms with E-state index in [-0.39, 0.29) is 0 Å². The molecule has 2 heterocycles. The first kappa shape index (κ1) is 25.3. The maximum atomic E-state index is 5.44. The van der Waals surface area contributed by atoms with Gasteiger partial charge in [-0.2, -0.15) is 0 Å². The lowest BCUT2D eigenvalue weighted by atomic mass is 9.89. The van der Waals surface area contributed by atoms with Crippen LogP contribution in [0, 0.1) is 6.92 Å². The van der Waals surface area contributed by atoms with E-state index in [0.29, 0.717) is 0 Å². The highest BCUT2D eigenvalue weighted by atomic mass is 15.0. The van der Waals surface area contributed by atoms with Crippen LogP contribution >= 0.6 is 0 Å². The van der Waals surface area contributed by atoms with E-state index in [4.69, 9.17) is 4.98 Å². The van der Waals surface area contributed by atoms with Crippen molar-refractivity contribution < 1.29 is 0 Å². The van der Waals surface area contributed by atoms with Gasteiger partial charge in [0.1, 0.15) is 5.65 Å². The van der Waals surface area contributed by atoms with Crippen molar-refractivity contribution in [2.24, 2.45) is 0 Å². The van der Waals surface area contributed by atoms with E-state index in [9.17, 15) is 0 Å². The first-order valence-corrected chi connectivity index (χ1v) is 15.9. The summed E-state index contributed by atoms with van der Waals surface area (Å²) < 4.78 is 2.40. The molecule has 2 aromatic heterocycles. The SMILES string of the molecule is Cc1ccc(-c2ccc3c4ccc5ccccc5c4c4nc5c6ccccc6ccc5n4c3c2)c2cccc(-c3ccccc3)c12. The quantitative estimate of drug-likeness (QED) is 0.185. The Morgan fingerprint density at radius 3 is 2.02 bits per heavy atom. The van der Waals surface area contributed by atoms with Gasteiger partial charge in [-0.3, -0.25) is 4.40 Å². The lowest BCUT2D eigenvalue weighted by Gasteiger charge is -2.16. The Balaban J connectivity index is 1.35. The van der Waals surface area contributed by atoms with E-state index in [2.05, 4.69) is 163 Å². The zero-order chi connectivity index (χ0) is 30.4. The summed E-state index contributed by atoms with van der Waals surface area (Å²) in [4.78, 5) is 5.44. The van der Waals surface area contributed by atoms with Crippen LogP contribution < -0.4 is 0 Å². The molecular weight excluding hydrogens is 556 g/mol. The zero-order valence-electron chi connectivity index (χ0n) is 25.3. The number of imidazole rings is 1. The van der Waals surface area contributed by atoms with E-state index < -0.39 is 0 Å². The number of hydrogen-bond donors (Lipinski definition) is 0. The highest BCUT2D eigenvalue weighted by Gasteiger charge is 2.19. The van der Waals surface area contributed by atoms with Crippen LogP contribution in [0.1, 0.15) is 5.56 Å². The molecule has 0 aliphatic rings. The predicted octanol–water partition coefficient (Wildman–Crippen LogP) is 11.9. The summed E-state index contributed by atoms with van der Waals surface area (Å²) in [5, 5.41) is 11.1. The number of rotatable bonds is 2. The van der Waals surface area contributed by atoms with Gasteiger partial charge in [-0.15, -0.1) is 0 Å². The van der Waals surface area contributed by atoms with Gasteiger partial charge in [0.15, 0.2) is 0 Å². The van der Waals surface area contributed by atoms with Gasteiger partial charge in [-0.25, -0.2) is 4.98 Å². The van der Waals surface area contributed by atoms with Gasteiger partial charge in [0.05, 0.1) is 16.6 Å². The standard InChI is InChI=1S/C44H28N2/c1-27-18-22-32(37-17-9-16-33(41(27)37)28-10-3-2-4-11-28)31-20-23-36-38-24-19-29-12-5-7-14-34(29)42(38)44-45-43-35-15-8-6-13-30(35)21-25-39(43)46(44)40(36)26-31/h2-26H,1H3. The van der Waals surface area contributed by atoms with E-state index >= 15 is 0 Å². The predicted molar refractivity (Wildman–Crippen MR) is 196 cm³/mol. The minimum atomic E-state index is 1.00. The maximum absolute atomic E-state index is 5.44. The summed E-state index contributed by atoms with van der Waals surface area (Å²) in [6.45, 7) is 2.22. The van der Waals surface area contributed by atoms with Crippen molar-refractivity contribution >= 4 is 70.7 Å². The Kier molecular flexibility index (Phi) is 5.24. The summed E-state index contributed by atoms with van der Waals surface area (Å²) in [6.07, 6.45) is 0. The van der Waals surface area contributed by atoms with Gasteiger partial charge < -0.3 is 0 Å². The minimum Gasteiger partial charge on any atom is -0.292 e. The number of aromatic nitrogens is 2. The average molecular weight is 585 g/mol. The lowest BCUT2D eigenvalue weighted by molar-refractivity contribution is 1.32. The highest BCUT2D eigenvalue weighted by molar-refractivity contribution is 6.24. The van der Waals surface area contributed by atoms with Crippen LogP contribution in [0.2, 0.25) is 0 Å². The van der Waals surface area contributed by atoms with Crippen molar-refractivity contribution in [2.45, 2.75) is 6.92 Å². The second-order valence-electron chi connectivity index (χ2n) is 12.4. The Labute approximate surface area is 265 Å². The van der Waals surface area contributed by atoms with E-state index in [1.807, 2.05) is 0 Å². The molecule has 10 aromatic rings. The number of nitrogens with zero attached hydrogens (tertiary/aromatic N) is 2. The van der Waals surface area contributed by atoms with Crippen LogP contribution in [0.25, 0.3) is 92.9 Å². The van der Waals surface area contributed by atoms with Crippen molar-refractivity contribution in [1.29, 1.82) is 0 Å². The van der Waals surface area contributed by atoms with Crippen molar-refractivity contribution in [3.63, 3.8) is 0 Å². The Hall–Kier alpha value is -5.99. The molecule has 0 unspecified atom stereocenters. The zero-order valence-corrected chi connectivity index (χ0v) is 25.3. The molecule has 0 fully saturated rings. The van der Waals surface area contributed by atoms with Crippen molar-refractivity contribution in [1.82, 2.24) is 9.38 Å². The first-order chi connectivity index (χ1) is 22.7. The molecule has 0 saturated carbocycles. The molecule has 2 nitrogen and oxygen atoms in total. The average Bonchev–Trinajstić information content (AvgIpc) is 3.52. The molecule has 0 spiro atoms. The third-order valence-electron chi connectivity index (χ3n) is 9.88. The summed E-state index contributed by atoms with van der Waals surface area (Å²) in [5.74, 6) is 0. The molecule has 0 atom stereocenters. The molecule has 0 N–H and O–H groups in total. The van der Waals surface area contributed by atoms with Crippen LogP contribution in [0.5, 0.6) is 0 Å². The molecule has 10 rings (SSSR count). The third kappa shape index (κ3) is 3.50. The van der Waals surface area contributed by atoms with Crippen LogP contribution in [-0.4, -0.2) is 9.38 Å². The molecule has 0 radical (unpaired) electrons. The fraction of sp³-hybridized carbons (Fsp3) is 0.0227. The van der Waals surface area contributed by atoms with Gasteiger partial charge in [-0.05, 0) is 79.2 Å². The largest absolute Gasteiger partial charge is 0.292 e. The normalized spacial score (nSPS) is 12.0. The van der Waals surface area contributed by atoms with Crippen molar-refractivity contribution in [2.75, 3.05) is 0 Å². The number of hydrogen-bond acceptors (Lipinski definition) is 1. The molecule has 0 saturated heterocycles. The molecular formula is C44H28N2. The molecule has 0 amide bonds. The second-order valence-corrected chi connectivity index (χ2v) is 12.4. The molecule has 0 aliphatic carbocycles. The summed E-state index contributed by atoms with van der Waals surface area (Å²) in [7, 11) is 0. The monoisotopic (exact) mass is 584 g/mol. The van der Waals surface area contributed by atoms with Gasteiger partial charge in [-0.1, -0.05) is 140 Å². The molecule has 214 valence electrons. The van der Waals surface area contributed by atoms with Gasteiger partial charge in [0, 0.05) is 16.2 Å². The van der Waals surface area contributed by atoms with Crippen LogP contribution in [0.4, 0.5) is 0 Å². The molecule has 2 heteroatoms. The fourth-order valence-corrected chi connectivity index (χ4v) is 7.77. The maximum Gasteiger partial charge on any atom is 0.147 e. The van der Waals surface area contributed by atoms with E-state index in [0.717, 1.165) is 16.7 Å². The van der Waals surface area contributed by atoms with Crippen molar-refractivity contribution in [3.05, 3.63) is 157 Å². The Morgan fingerprint density at radius 1 is 0.435 bits per heavy atom. The number of pyridine rings is 1. The lowest BCUT2D eigenvalue weighted by Crippen LogP contribution is -1.94. The number of fused-ring (bicyclic) bond motifs is 13. The summed E-state index contributed by atoms with van der Waals surface area (Å²) in [6, 6.07) is 55.3. The van der Waals surface area contributed by atoms with Crippen LogP contribution in [-0.2, 0) is 0 Å². The fourth-order valence-electron chi connectivity index (χ4n) is 7.77. The number of benzene rings is 8. The van der Waals surface area contributed by atoms with Crippen molar-refractivity contribution in [3.8, 4) is 22.3 Å². The smallest absolute Gasteiger partial charge is 0.147 e. The van der Waals surface area contributed by atoms with Gasteiger partial charge in [0.2, 0.25) is 0 Å². The second kappa shape index (κ2) is 9.50. The van der Waals surface area contributed by atoms with Gasteiger partial charge >= 0.3 is 0 Å². The Morgan fingerprint density at radius 2 is 1.15 bits per heavy atom. The molecule has 0 bridgehead atoms. The Bertz CT molecular complexity index is 2860. The topological polar surface area (TPSA) is 17.3 Å². The van der Waals surface area contributed by atoms with Crippen LogP contribution in [0.3, 0.4) is 0 Å². The highest BCUT2D eigenvalue weighted by Crippen LogP contribution is 2.41. The number of aryl methyl sites for hydroxylation is 1. The minimum absolute atomic E-state index is 1.00. The summed E-state index contributed by atoms with van der Waals surface area (Å²) in [5.41, 5.74) is 10.6. The first-order valence-electron chi connectivity index (χ1n) is 15.9.